The molecule has 1 aliphatic carbocycles. The number of carbonyl (C=O) groups excluding carboxylic acids is 2. The van der Waals surface area contributed by atoms with E-state index in [4.69, 9.17) is 9.15 Å². The fraction of sp³-hybridized carbons (Fsp3) is 0.333. The van der Waals surface area contributed by atoms with Gasteiger partial charge in [-0.2, -0.15) is 0 Å². The number of ether oxygens (including phenoxy) is 1. The Labute approximate surface area is 204 Å². The first-order valence-electron chi connectivity index (χ1n) is 11.2. The van der Waals surface area contributed by atoms with Crippen LogP contribution in [-0.2, 0) is 29.4 Å². The van der Waals surface area contributed by atoms with Gasteiger partial charge < -0.3 is 19.0 Å². The molecular formula is C24H24N4O4S2. The summed E-state index contributed by atoms with van der Waals surface area (Å²) in [5.74, 6) is 0.776. The third-order valence-electron chi connectivity index (χ3n) is 5.72. The summed E-state index contributed by atoms with van der Waals surface area (Å²) in [6.45, 7) is 2.08. The van der Waals surface area contributed by atoms with Crippen molar-refractivity contribution in [2.75, 3.05) is 17.7 Å². The van der Waals surface area contributed by atoms with Gasteiger partial charge in [-0.25, -0.2) is 4.79 Å². The van der Waals surface area contributed by atoms with Gasteiger partial charge in [0.25, 0.3) is 0 Å². The molecule has 3 heterocycles. The van der Waals surface area contributed by atoms with Crippen LogP contribution in [0.2, 0.25) is 0 Å². The van der Waals surface area contributed by atoms with Crippen LogP contribution in [0, 0.1) is 0 Å². The Hall–Kier alpha value is -3.11. The number of benzene rings is 1. The lowest BCUT2D eigenvalue weighted by Crippen LogP contribution is -2.17. The number of hydrogen-bond donors (Lipinski definition) is 1. The summed E-state index contributed by atoms with van der Waals surface area (Å²) in [7, 11) is 1.84. The summed E-state index contributed by atoms with van der Waals surface area (Å²) in [5, 5.41) is 13.6. The van der Waals surface area contributed by atoms with E-state index in [1.54, 1.807) is 6.92 Å². The lowest BCUT2D eigenvalue weighted by atomic mass is 9.95. The van der Waals surface area contributed by atoms with E-state index in [0.29, 0.717) is 33.9 Å². The normalized spacial score (nSPS) is 13.1. The van der Waals surface area contributed by atoms with Gasteiger partial charge in [0.2, 0.25) is 5.91 Å². The van der Waals surface area contributed by atoms with Gasteiger partial charge >= 0.3 is 5.97 Å². The average molecular weight is 497 g/mol. The highest BCUT2D eigenvalue weighted by Gasteiger charge is 2.27. The molecule has 3 aromatic heterocycles. The Bertz CT molecular complexity index is 1340. The molecule has 1 N–H and O–H groups in total. The number of carbonyl (C=O) groups is 2. The zero-order valence-corrected chi connectivity index (χ0v) is 20.6. The van der Waals surface area contributed by atoms with E-state index in [1.165, 1.54) is 28.0 Å². The molecule has 4 aromatic rings. The Morgan fingerprint density at radius 3 is 2.88 bits per heavy atom. The van der Waals surface area contributed by atoms with Crippen LogP contribution in [-0.4, -0.2) is 39.0 Å². The first-order chi connectivity index (χ1) is 16.5. The first-order valence-corrected chi connectivity index (χ1v) is 13.0. The first kappa shape index (κ1) is 22.7. The van der Waals surface area contributed by atoms with E-state index in [9.17, 15) is 9.59 Å². The number of rotatable bonds is 7. The van der Waals surface area contributed by atoms with Crippen LogP contribution in [0.1, 0.15) is 40.6 Å². The van der Waals surface area contributed by atoms with E-state index in [2.05, 4.69) is 15.5 Å². The van der Waals surface area contributed by atoms with Crippen LogP contribution < -0.4 is 5.32 Å². The van der Waals surface area contributed by atoms with Gasteiger partial charge in [-0.1, -0.05) is 30.0 Å². The number of nitrogens with one attached hydrogen (secondary N) is 1. The maximum Gasteiger partial charge on any atom is 0.341 e. The predicted octanol–water partition coefficient (Wildman–Crippen LogP) is 5.08. The number of esters is 1. The predicted molar refractivity (Wildman–Crippen MR) is 132 cm³/mol. The SMILES string of the molecule is CCOC(=O)c1c(NC(=O)CSc2nnc(-c3cc4ccccc4o3)n2C)sc2c1CCCC2. The molecule has 1 aromatic carbocycles. The third-order valence-corrected chi connectivity index (χ3v) is 7.94. The Morgan fingerprint density at radius 1 is 1.24 bits per heavy atom. The van der Waals surface area contributed by atoms with Crippen molar-refractivity contribution in [2.24, 2.45) is 7.05 Å². The Balaban J connectivity index is 1.29. The van der Waals surface area contributed by atoms with Gasteiger partial charge in [0.05, 0.1) is 17.9 Å². The van der Waals surface area contributed by atoms with Gasteiger partial charge in [0.1, 0.15) is 10.6 Å². The van der Waals surface area contributed by atoms with Gasteiger partial charge in [0, 0.05) is 17.3 Å². The smallest absolute Gasteiger partial charge is 0.341 e. The highest BCUT2D eigenvalue weighted by molar-refractivity contribution is 7.99. The van der Waals surface area contributed by atoms with E-state index >= 15 is 0 Å². The van der Waals surface area contributed by atoms with E-state index < -0.39 is 0 Å². The molecule has 1 aliphatic rings. The molecule has 34 heavy (non-hydrogen) atoms. The van der Waals surface area contributed by atoms with Gasteiger partial charge in [-0.15, -0.1) is 21.5 Å². The molecule has 10 heteroatoms. The third kappa shape index (κ3) is 4.35. The zero-order chi connectivity index (χ0) is 23.7. The van der Waals surface area contributed by atoms with Crippen LogP contribution in [0.25, 0.3) is 22.6 Å². The summed E-state index contributed by atoms with van der Waals surface area (Å²) in [5.41, 5.74) is 2.33. The highest BCUT2D eigenvalue weighted by atomic mass is 32.2. The van der Waals surface area contributed by atoms with Crippen LogP contribution >= 0.6 is 23.1 Å². The number of thioether (sulfide) groups is 1. The summed E-state index contributed by atoms with van der Waals surface area (Å²) in [4.78, 5) is 26.6. The highest BCUT2D eigenvalue weighted by Crippen LogP contribution is 2.39. The number of anilines is 1. The summed E-state index contributed by atoms with van der Waals surface area (Å²) in [6, 6.07) is 9.68. The Kier molecular flexibility index (Phi) is 6.42. The maximum absolute atomic E-state index is 12.8. The molecule has 1 amide bonds. The van der Waals surface area contributed by atoms with E-state index in [0.717, 1.165) is 42.2 Å². The van der Waals surface area contributed by atoms with Crippen molar-refractivity contribution >= 4 is 50.9 Å². The number of aryl methyl sites for hydroxylation is 1. The fourth-order valence-electron chi connectivity index (χ4n) is 4.11. The lowest BCUT2D eigenvalue weighted by Gasteiger charge is -2.12. The van der Waals surface area contributed by atoms with Crippen molar-refractivity contribution in [3.05, 3.63) is 46.3 Å². The van der Waals surface area contributed by atoms with E-state index in [1.807, 2.05) is 41.9 Å². The molecule has 176 valence electrons. The quantitative estimate of drug-likeness (QED) is 0.281. The van der Waals surface area contributed by atoms with Crippen LogP contribution in [0.15, 0.2) is 39.9 Å². The van der Waals surface area contributed by atoms with Crippen LogP contribution in [0.4, 0.5) is 5.00 Å². The molecule has 8 nitrogen and oxygen atoms in total. The van der Waals surface area contributed by atoms with Crippen molar-refractivity contribution in [2.45, 2.75) is 37.8 Å². The van der Waals surface area contributed by atoms with Gasteiger partial charge in [-0.05, 0) is 50.3 Å². The molecule has 0 bridgehead atoms. The van der Waals surface area contributed by atoms with Gasteiger partial charge in [-0.3, -0.25) is 4.79 Å². The molecule has 0 atom stereocenters. The zero-order valence-electron chi connectivity index (χ0n) is 18.9. The van der Waals surface area contributed by atoms with E-state index in [-0.39, 0.29) is 17.6 Å². The van der Waals surface area contributed by atoms with Crippen LogP contribution in [0.5, 0.6) is 0 Å². The van der Waals surface area contributed by atoms with Crippen molar-refractivity contribution in [3.8, 4) is 11.6 Å². The number of fused-ring (bicyclic) bond motifs is 2. The number of para-hydroxylation sites is 1. The lowest BCUT2D eigenvalue weighted by molar-refractivity contribution is -0.113. The van der Waals surface area contributed by atoms with Crippen molar-refractivity contribution < 1.29 is 18.7 Å². The molecule has 0 saturated heterocycles. The molecule has 5 rings (SSSR count). The minimum atomic E-state index is -0.367. The van der Waals surface area contributed by atoms with Gasteiger partial charge in [0.15, 0.2) is 16.7 Å². The summed E-state index contributed by atoms with van der Waals surface area (Å²) < 4.78 is 13.0. The minimum Gasteiger partial charge on any atom is -0.462 e. The molecule has 0 saturated carbocycles. The number of nitrogens with zero attached hydrogens (tertiary/aromatic N) is 3. The van der Waals surface area contributed by atoms with Crippen molar-refractivity contribution in [3.63, 3.8) is 0 Å². The number of hydrogen-bond acceptors (Lipinski definition) is 8. The summed E-state index contributed by atoms with van der Waals surface area (Å²) >= 11 is 2.77. The van der Waals surface area contributed by atoms with Crippen molar-refractivity contribution in [1.82, 2.24) is 14.8 Å². The van der Waals surface area contributed by atoms with Crippen LogP contribution in [0.3, 0.4) is 0 Å². The molecule has 0 radical (unpaired) electrons. The molecule has 0 aliphatic heterocycles. The second-order valence-electron chi connectivity index (χ2n) is 7.99. The largest absolute Gasteiger partial charge is 0.462 e. The average Bonchev–Trinajstić information content (AvgIpc) is 3.52. The maximum atomic E-state index is 12.8. The standard InChI is InChI=1S/C24H24N4O4S2/c1-3-31-23(30)20-15-9-5-7-11-18(15)34-22(20)25-19(29)13-33-24-27-26-21(28(24)2)17-12-14-8-4-6-10-16(14)32-17/h4,6,8,10,12H,3,5,7,9,11,13H2,1-2H3,(H,25,29). The Morgan fingerprint density at radius 2 is 2.06 bits per heavy atom. The second kappa shape index (κ2) is 9.63. The molecular weight excluding hydrogens is 472 g/mol. The van der Waals surface area contributed by atoms with Crippen molar-refractivity contribution in [1.29, 1.82) is 0 Å². The number of furan rings is 1. The second-order valence-corrected chi connectivity index (χ2v) is 10.0. The molecule has 0 fully saturated rings. The fourth-order valence-corrected chi connectivity index (χ4v) is 6.12. The topological polar surface area (TPSA) is 99.2 Å². The monoisotopic (exact) mass is 496 g/mol. The minimum absolute atomic E-state index is 0.136. The number of aromatic nitrogens is 3. The number of amides is 1. The number of thiophene rings is 1. The molecule has 0 unspecified atom stereocenters. The molecule has 0 spiro atoms. The summed E-state index contributed by atoms with van der Waals surface area (Å²) in [6.07, 6.45) is 3.91.